The number of fused-ring (bicyclic) bond motifs is 1. The Morgan fingerprint density at radius 1 is 0.958 bits per heavy atom. The summed E-state index contributed by atoms with van der Waals surface area (Å²) < 4.78 is 28.3. The molecule has 0 atom stereocenters. The minimum absolute atomic E-state index is 0.373. The van der Waals surface area contributed by atoms with Crippen molar-refractivity contribution in [2.45, 2.75) is 37.0 Å². The van der Waals surface area contributed by atoms with E-state index in [1.54, 1.807) is 12.1 Å². The van der Waals surface area contributed by atoms with Crippen molar-refractivity contribution in [1.82, 2.24) is 4.72 Å². The molecule has 0 heterocycles. The molecule has 0 radical (unpaired) electrons. The SMILES string of the molecule is NCC[C@H]1CC[C@H](CNS(=O)(=O)c2cccc3ccccc23)CC1. The van der Waals surface area contributed by atoms with E-state index in [9.17, 15) is 8.42 Å². The normalized spacial score (nSPS) is 21.9. The second-order valence-electron chi connectivity index (χ2n) is 6.79. The van der Waals surface area contributed by atoms with Crippen molar-refractivity contribution < 1.29 is 8.42 Å². The van der Waals surface area contributed by atoms with Crippen molar-refractivity contribution in [2.24, 2.45) is 17.6 Å². The standard InChI is InChI=1S/C19H26N2O2S/c20-13-12-15-8-10-16(11-9-15)14-21-24(22,23)19-7-3-5-17-4-1-2-6-18(17)19/h1-7,15-16,21H,8-14,20H2/t15-,16-. The number of sulfonamides is 1. The van der Waals surface area contributed by atoms with Crippen LogP contribution in [0.5, 0.6) is 0 Å². The van der Waals surface area contributed by atoms with E-state index >= 15 is 0 Å². The molecule has 3 N–H and O–H groups in total. The van der Waals surface area contributed by atoms with Crippen LogP contribution in [0, 0.1) is 11.8 Å². The van der Waals surface area contributed by atoms with Crippen LogP contribution in [0.15, 0.2) is 47.4 Å². The van der Waals surface area contributed by atoms with Gasteiger partial charge >= 0.3 is 0 Å². The number of nitrogens with one attached hydrogen (secondary N) is 1. The fourth-order valence-corrected chi connectivity index (χ4v) is 5.04. The van der Waals surface area contributed by atoms with Crippen LogP contribution in [-0.2, 0) is 10.0 Å². The molecule has 0 bridgehead atoms. The Bertz CT molecular complexity index is 776. The Balaban J connectivity index is 1.66. The van der Waals surface area contributed by atoms with Gasteiger partial charge in [-0.15, -0.1) is 0 Å². The zero-order valence-electron chi connectivity index (χ0n) is 13.9. The molecule has 0 aromatic heterocycles. The summed E-state index contributed by atoms with van der Waals surface area (Å²) in [5.41, 5.74) is 5.63. The Hall–Kier alpha value is -1.43. The second-order valence-corrected chi connectivity index (χ2v) is 8.53. The first-order chi connectivity index (χ1) is 11.6. The van der Waals surface area contributed by atoms with E-state index < -0.39 is 10.0 Å². The summed E-state index contributed by atoms with van der Waals surface area (Å²) in [6.07, 6.45) is 5.59. The van der Waals surface area contributed by atoms with Crippen LogP contribution in [0.2, 0.25) is 0 Å². The summed E-state index contributed by atoms with van der Waals surface area (Å²) in [5, 5.41) is 1.72. The molecule has 1 saturated carbocycles. The summed E-state index contributed by atoms with van der Waals surface area (Å²) in [7, 11) is -3.48. The van der Waals surface area contributed by atoms with Gasteiger partial charge in [0.2, 0.25) is 10.0 Å². The number of nitrogens with two attached hydrogens (primary N) is 1. The molecule has 3 rings (SSSR count). The van der Waals surface area contributed by atoms with E-state index in [0.717, 1.165) is 55.3 Å². The first-order valence-corrected chi connectivity index (χ1v) is 10.3. The molecule has 24 heavy (non-hydrogen) atoms. The fourth-order valence-electron chi connectivity index (χ4n) is 3.70. The highest BCUT2D eigenvalue weighted by molar-refractivity contribution is 7.89. The minimum Gasteiger partial charge on any atom is -0.330 e. The van der Waals surface area contributed by atoms with E-state index in [1.807, 2.05) is 30.3 Å². The van der Waals surface area contributed by atoms with Crippen molar-refractivity contribution >= 4 is 20.8 Å². The van der Waals surface area contributed by atoms with Crippen LogP contribution in [-0.4, -0.2) is 21.5 Å². The molecule has 0 saturated heterocycles. The maximum atomic E-state index is 12.7. The van der Waals surface area contributed by atoms with E-state index in [4.69, 9.17) is 5.73 Å². The van der Waals surface area contributed by atoms with Gasteiger partial charge in [-0.3, -0.25) is 0 Å². The van der Waals surface area contributed by atoms with Crippen LogP contribution in [0.25, 0.3) is 10.8 Å². The van der Waals surface area contributed by atoms with E-state index in [1.165, 1.54) is 0 Å². The van der Waals surface area contributed by atoms with Gasteiger partial charge < -0.3 is 5.73 Å². The van der Waals surface area contributed by atoms with E-state index in [0.29, 0.717) is 17.4 Å². The zero-order valence-corrected chi connectivity index (χ0v) is 14.8. The van der Waals surface area contributed by atoms with Crippen molar-refractivity contribution in [1.29, 1.82) is 0 Å². The smallest absolute Gasteiger partial charge is 0.241 e. The van der Waals surface area contributed by atoms with Gasteiger partial charge in [0.1, 0.15) is 0 Å². The quantitative estimate of drug-likeness (QED) is 0.843. The monoisotopic (exact) mass is 346 g/mol. The Kier molecular flexibility index (Phi) is 5.54. The number of hydrogen-bond acceptors (Lipinski definition) is 3. The molecular weight excluding hydrogens is 320 g/mol. The molecule has 0 unspecified atom stereocenters. The first-order valence-electron chi connectivity index (χ1n) is 8.77. The molecule has 1 fully saturated rings. The maximum Gasteiger partial charge on any atom is 0.241 e. The van der Waals surface area contributed by atoms with Crippen LogP contribution in [0.4, 0.5) is 0 Å². The van der Waals surface area contributed by atoms with Gasteiger partial charge in [0.05, 0.1) is 4.90 Å². The highest BCUT2D eigenvalue weighted by Crippen LogP contribution is 2.30. The lowest BCUT2D eigenvalue weighted by molar-refractivity contribution is 0.266. The third-order valence-corrected chi connectivity index (χ3v) is 6.62. The van der Waals surface area contributed by atoms with E-state index in [-0.39, 0.29) is 0 Å². The highest BCUT2D eigenvalue weighted by Gasteiger charge is 2.23. The van der Waals surface area contributed by atoms with Crippen molar-refractivity contribution in [3.8, 4) is 0 Å². The average molecular weight is 346 g/mol. The van der Waals surface area contributed by atoms with Crippen LogP contribution in [0.3, 0.4) is 0 Å². The molecular formula is C19H26N2O2S. The predicted octanol–water partition coefficient (Wildman–Crippen LogP) is 3.27. The van der Waals surface area contributed by atoms with Crippen LogP contribution in [0.1, 0.15) is 32.1 Å². The van der Waals surface area contributed by atoms with Gasteiger partial charge in [-0.25, -0.2) is 13.1 Å². The third-order valence-electron chi connectivity index (χ3n) is 5.14. The maximum absolute atomic E-state index is 12.7. The second kappa shape index (κ2) is 7.64. The fraction of sp³-hybridized carbons (Fsp3) is 0.474. The van der Waals surface area contributed by atoms with Crippen molar-refractivity contribution in [3.63, 3.8) is 0 Å². The lowest BCUT2D eigenvalue weighted by Gasteiger charge is -2.28. The van der Waals surface area contributed by atoms with Crippen LogP contribution < -0.4 is 10.5 Å². The summed E-state index contributed by atoms with van der Waals surface area (Å²) >= 11 is 0. The van der Waals surface area contributed by atoms with Gasteiger partial charge in [-0.1, -0.05) is 49.2 Å². The van der Waals surface area contributed by atoms with Gasteiger partial charge in [0.25, 0.3) is 0 Å². The first kappa shape index (κ1) is 17.4. The highest BCUT2D eigenvalue weighted by atomic mass is 32.2. The molecule has 2 aromatic carbocycles. The largest absolute Gasteiger partial charge is 0.330 e. The summed E-state index contributed by atoms with van der Waals surface area (Å²) in [6, 6.07) is 13.0. The number of hydrogen-bond donors (Lipinski definition) is 2. The minimum atomic E-state index is -3.48. The van der Waals surface area contributed by atoms with Gasteiger partial charge in [-0.2, -0.15) is 0 Å². The third kappa shape index (κ3) is 3.97. The molecule has 5 heteroatoms. The molecule has 4 nitrogen and oxygen atoms in total. The molecule has 2 aromatic rings. The van der Waals surface area contributed by atoms with Crippen LogP contribution >= 0.6 is 0 Å². The summed E-state index contributed by atoms with van der Waals surface area (Å²) in [5.74, 6) is 1.16. The molecule has 0 amide bonds. The molecule has 0 spiro atoms. The zero-order chi connectivity index (χ0) is 17.0. The lowest BCUT2D eigenvalue weighted by Crippen LogP contribution is -2.31. The van der Waals surface area contributed by atoms with Gasteiger partial charge in [0, 0.05) is 11.9 Å². The van der Waals surface area contributed by atoms with Crippen molar-refractivity contribution in [2.75, 3.05) is 13.1 Å². The Labute approximate surface area is 144 Å². The molecule has 130 valence electrons. The van der Waals surface area contributed by atoms with Gasteiger partial charge in [0.15, 0.2) is 0 Å². The van der Waals surface area contributed by atoms with Gasteiger partial charge in [-0.05, 0) is 49.1 Å². The lowest BCUT2D eigenvalue weighted by atomic mass is 9.81. The molecule has 0 aliphatic heterocycles. The topological polar surface area (TPSA) is 72.2 Å². The molecule has 1 aliphatic rings. The predicted molar refractivity (Wildman–Crippen MR) is 98.3 cm³/mol. The Morgan fingerprint density at radius 2 is 1.62 bits per heavy atom. The van der Waals surface area contributed by atoms with E-state index in [2.05, 4.69) is 4.72 Å². The molecule has 1 aliphatic carbocycles. The number of benzene rings is 2. The summed E-state index contributed by atoms with van der Waals surface area (Å²) in [6.45, 7) is 1.28. The van der Waals surface area contributed by atoms with Crippen molar-refractivity contribution in [3.05, 3.63) is 42.5 Å². The number of rotatable bonds is 6. The summed E-state index contributed by atoms with van der Waals surface area (Å²) in [4.78, 5) is 0.373. The average Bonchev–Trinajstić information content (AvgIpc) is 2.61. The Morgan fingerprint density at radius 3 is 2.38 bits per heavy atom.